The van der Waals surface area contributed by atoms with Gasteiger partial charge >= 0.3 is 0 Å². The van der Waals surface area contributed by atoms with Crippen molar-refractivity contribution in [2.45, 2.75) is 13.8 Å². The second kappa shape index (κ2) is 8.86. The molecule has 5 heavy (non-hydrogen) atoms. The summed E-state index contributed by atoms with van der Waals surface area (Å²) in [6.45, 7) is 4.00. The Morgan fingerprint density at radius 2 is 1.20 bits per heavy atom. The zero-order chi connectivity index (χ0) is 3.41. The van der Waals surface area contributed by atoms with Gasteiger partial charge in [0, 0.05) is 17.1 Å². The molecule has 0 bridgehead atoms. The van der Waals surface area contributed by atoms with E-state index in [9.17, 15) is 0 Å². The van der Waals surface area contributed by atoms with Gasteiger partial charge in [0.1, 0.15) is 0 Å². The number of hydrogen-bond donors (Lipinski definition) is 0. The molecule has 0 aliphatic heterocycles. The summed E-state index contributed by atoms with van der Waals surface area (Å²) in [6, 6.07) is 0. The third kappa shape index (κ3) is 13.7. The zero-order valence-corrected chi connectivity index (χ0v) is 4.61. The van der Waals surface area contributed by atoms with E-state index in [1.165, 1.54) is 0 Å². The van der Waals surface area contributed by atoms with E-state index < -0.39 is 0 Å². The van der Waals surface area contributed by atoms with E-state index in [0.717, 1.165) is 0 Å². The number of allylic oxidation sites excluding steroid dienone is 2. The van der Waals surface area contributed by atoms with Crippen LogP contribution in [0.5, 0.6) is 0 Å². The molecule has 0 saturated carbocycles. The molecule has 0 aliphatic carbocycles. The molecule has 0 N–H and O–H groups in total. The second-order valence-corrected chi connectivity index (χ2v) is 0.667. The summed E-state index contributed by atoms with van der Waals surface area (Å²) in [4.78, 5) is 0. The van der Waals surface area contributed by atoms with Crippen LogP contribution in [-0.2, 0) is 17.1 Å². The first-order chi connectivity index (χ1) is 1.91. The van der Waals surface area contributed by atoms with E-state index in [1.54, 1.807) is 0 Å². The van der Waals surface area contributed by atoms with Crippen molar-refractivity contribution < 1.29 is 17.1 Å². The zero-order valence-electron chi connectivity index (χ0n) is 3.51. The molecule has 0 aromatic carbocycles. The fraction of sp³-hybridized carbons (Fsp3) is 0.500. The molecule has 0 radical (unpaired) electrons. The molecule has 0 amide bonds. The predicted octanol–water partition coefficient (Wildman–Crippen LogP) is 1.58. The van der Waals surface area contributed by atoms with Crippen LogP contribution < -0.4 is 0 Å². The Balaban J connectivity index is 0. The first-order valence-corrected chi connectivity index (χ1v) is 1.49. The van der Waals surface area contributed by atoms with Crippen molar-refractivity contribution in [3.8, 4) is 0 Å². The first kappa shape index (κ1) is 8.98. The van der Waals surface area contributed by atoms with Crippen LogP contribution in [0.3, 0.4) is 0 Å². The summed E-state index contributed by atoms with van der Waals surface area (Å²) in [5.74, 6) is 0. The second-order valence-electron chi connectivity index (χ2n) is 0.667. The van der Waals surface area contributed by atoms with Gasteiger partial charge in [-0.1, -0.05) is 12.2 Å². The molecule has 32 valence electrons. The van der Waals surface area contributed by atoms with Gasteiger partial charge in [0.2, 0.25) is 0 Å². The van der Waals surface area contributed by atoms with E-state index in [1.807, 2.05) is 26.0 Å². The molecule has 0 spiro atoms. The summed E-state index contributed by atoms with van der Waals surface area (Å²) in [6.07, 6.45) is 4.00. The van der Waals surface area contributed by atoms with Crippen LogP contribution in [0.15, 0.2) is 12.2 Å². The topological polar surface area (TPSA) is 0 Å². The van der Waals surface area contributed by atoms with E-state index in [4.69, 9.17) is 0 Å². The van der Waals surface area contributed by atoms with Crippen LogP contribution in [0, 0.1) is 0 Å². The molecule has 0 aromatic heterocycles. The Kier molecular flexibility index (Phi) is 15.9. The Hall–Kier alpha value is 0.259. The van der Waals surface area contributed by atoms with Gasteiger partial charge in [-0.25, -0.2) is 0 Å². The monoisotopic (exact) mass is 112 g/mol. The molecule has 0 aromatic rings. The SMILES string of the molecule is CC=CC.[Fe]. The van der Waals surface area contributed by atoms with Crippen molar-refractivity contribution in [2.24, 2.45) is 0 Å². The predicted molar refractivity (Wildman–Crippen MR) is 20.5 cm³/mol. The van der Waals surface area contributed by atoms with Crippen LogP contribution in [0.25, 0.3) is 0 Å². The van der Waals surface area contributed by atoms with Crippen LogP contribution in [0.4, 0.5) is 0 Å². The largest absolute Gasteiger partial charge is 0.0919 e. The number of hydrogen-bond acceptors (Lipinski definition) is 0. The van der Waals surface area contributed by atoms with Crippen molar-refractivity contribution in [1.82, 2.24) is 0 Å². The fourth-order valence-corrected chi connectivity index (χ4v) is 0. The van der Waals surface area contributed by atoms with Gasteiger partial charge in [-0.15, -0.1) is 0 Å². The van der Waals surface area contributed by atoms with Gasteiger partial charge < -0.3 is 0 Å². The molecule has 0 rings (SSSR count). The van der Waals surface area contributed by atoms with E-state index in [0.29, 0.717) is 0 Å². The van der Waals surface area contributed by atoms with Crippen molar-refractivity contribution in [3.05, 3.63) is 12.2 Å². The summed E-state index contributed by atoms with van der Waals surface area (Å²) >= 11 is 0. The van der Waals surface area contributed by atoms with Crippen molar-refractivity contribution in [3.63, 3.8) is 0 Å². The van der Waals surface area contributed by atoms with E-state index in [2.05, 4.69) is 0 Å². The molecule has 0 nitrogen and oxygen atoms in total. The maximum Gasteiger partial charge on any atom is 0 e. The quantitative estimate of drug-likeness (QED) is 0.329. The molecule has 0 heterocycles. The van der Waals surface area contributed by atoms with Gasteiger partial charge in [-0.05, 0) is 13.8 Å². The molecule has 0 saturated heterocycles. The van der Waals surface area contributed by atoms with Crippen LogP contribution in [0.2, 0.25) is 0 Å². The molecule has 1 heteroatoms. The fourth-order valence-electron chi connectivity index (χ4n) is 0. The van der Waals surface area contributed by atoms with E-state index >= 15 is 0 Å². The molecule has 0 aliphatic rings. The van der Waals surface area contributed by atoms with E-state index in [-0.39, 0.29) is 17.1 Å². The maximum absolute atomic E-state index is 2.00. The molecule has 0 unspecified atom stereocenters. The van der Waals surface area contributed by atoms with Crippen LogP contribution >= 0.6 is 0 Å². The van der Waals surface area contributed by atoms with Crippen molar-refractivity contribution >= 4 is 0 Å². The summed E-state index contributed by atoms with van der Waals surface area (Å²) in [5, 5.41) is 0. The van der Waals surface area contributed by atoms with Crippen LogP contribution in [0.1, 0.15) is 13.8 Å². The molecular formula is C4H8Fe. The Bertz CT molecular complexity index is 18.8. The van der Waals surface area contributed by atoms with Gasteiger partial charge in [0.05, 0.1) is 0 Å². The smallest absolute Gasteiger partial charge is 0 e. The minimum absolute atomic E-state index is 0. The Labute approximate surface area is 43.7 Å². The molecule has 0 atom stereocenters. The van der Waals surface area contributed by atoms with Gasteiger partial charge in [-0.2, -0.15) is 0 Å². The van der Waals surface area contributed by atoms with Gasteiger partial charge in [0.25, 0.3) is 0 Å². The normalized spacial score (nSPS) is 7.60. The standard InChI is InChI=1S/C4H8.Fe/c1-3-4-2;/h3-4H,1-2H3;. The average Bonchev–Trinajstić information content (AvgIpc) is 1.37. The summed E-state index contributed by atoms with van der Waals surface area (Å²) < 4.78 is 0. The minimum atomic E-state index is 0. The average molecular weight is 112 g/mol. The third-order valence-corrected chi connectivity index (χ3v) is 0.333. The Morgan fingerprint density at radius 1 is 1.00 bits per heavy atom. The third-order valence-electron chi connectivity index (χ3n) is 0.333. The van der Waals surface area contributed by atoms with Gasteiger partial charge in [-0.3, -0.25) is 0 Å². The van der Waals surface area contributed by atoms with Gasteiger partial charge in [0.15, 0.2) is 0 Å². The van der Waals surface area contributed by atoms with Crippen LogP contribution in [-0.4, -0.2) is 0 Å². The van der Waals surface area contributed by atoms with Crippen molar-refractivity contribution in [2.75, 3.05) is 0 Å². The van der Waals surface area contributed by atoms with Crippen molar-refractivity contribution in [1.29, 1.82) is 0 Å². The minimum Gasteiger partial charge on any atom is -0.0919 e. The first-order valence-electron chi connectivity index (χ1n) is 1.49. The Morgan fingerprint density at radius 3 is 1.20 bits per heavy atom. The summed E-state index contributed by atoms with van der Waals surface area (Å²) in [7, 11) is 0. The number of rotatable bonds is 0. The summed E-state index contributed by atoms with van der Waals surface area (Å²) in [5.41, 5.74) is 0. The molecular weight excluding hydrogens is 104 g/mol. The molecule has 0 fully saturated rings. The maximum atomic E-state index is 2.00.